The second kappa shape index (κ2) is 7.15. The van der Waals surface area contributed by atoms with Gasteiger partial charge in [0.15, 0.2) is 0 Å². The maximum absolute atomic E-state index is 5.72. The Labute approximate surface area is 91.5 Å². The summed E-state index contributed by atoms with van der Waals surface area (Å²) in [6.45, 7) is 2.56. The van der Waals surface area contributed by atoms with E-state index >= 15 is 0 Å². The van der Waals surface area contributed by atoms with Crippen LogP contribution in [0.2, 0.25) is 0 Å². The van der Waals surface area contributed by atoms with E-state index in [1.54, 1.807) is 0 Å². The first-order valence-electron chi connectivity index (χ1n) is 3.76. The smallest absolute Gasteiger partial charge is 0.0419 e. The number of benzene rings is 1. The Morgan fingerprint density at radius 3 is 2.00 bits per heavy atom. The van der Waals surface area contributed by atoms with Gasteiger partial charge in [-0.25, -0.2) is 0 Å². The van der Waals surface area contributed by atoms with Crippen molar-refractivity contribution in [2.75, 3.05) is 6.54 Å². The predicted octanol–water partition coefficient (Wildman–Crippen LogP) is 1.80. The maximum atomic E-state index is 5.72. The third-order valence-electron chi connectivity index (χ3n) is 1.76. The van der Waals surface area contributed by atoms with E-state index in [-0.39, 0.29) is 30.9 Å². The topological polar surface area (TPSA) is 52.0 Å². The molecule has 76 valence electrons. The Balaban J connectivity index is 0. The van der Waals surface area contributed by atoms with E-state index in [9.17, 15) is 0 Å². The molecule has 4 N–H and O–H groups in total. The largest absolute Gasteiger partial charge is 0.329 e. The molecule has 0 fully saturated rings. The molecule has 0 heterocycles. The van der Waals surface area contributed by atoms with Crippen LogP contribution in [0.15, 0.2) is 24.3 Å². The molecule has 1 aromatic carbocycles. The summed E-state index contributed by atoms with van der Waals surface area (Å²) in [4.78, 5) is 0. The van der Waals surface area contributed by atoms with Crippen LogP contribution in [0.25, 0.3) is 0 Å². The minimum Gasteiger partial charge on any atom is -0.329 e. The number of hydrogen-bond acceptors (Lipinski definition) is 2. The number of nitrogens with two attached hydrogens (primary N) is 2. The Morgan fingerprint density at radius 1 is 1.15 bits per heavy atom. The summed E-state index contributed by atoms with van der Waals surface area (Å²) in [6, 6.07) is 8.12. The Morgan fingerprint density at radius 2 is 1.62 bits per heavy atom. The van der Waals surface area contributed by atoms with E-state index in [1.165, 1.54) is 5.56 Å². The van der Waals surface area contributed by atoms with Crippen LogP contribution < -0.4 is 11.5 Å². The Hall–Kier alpha value is -0.280. The molecule has 4 heteroatoms. The van der Waals surface area contributed by atoms with Crippen molar-refractivity contribution < 1.29 is 0 Å². The number of hydrogen-bond donors (Lipinski definition) is 2. The first-order chi connectivity index (χ1) is 5.24. The van der Waals surface area contributed by atoms with Gasteiger partial charge in [0.25, 0.3) is 0 Å². The average molecular weight is 223 g/mol. The molecule has 2 nitrogen and oxygen atoms in total. The molecule has 0 radical (unpaired) electrons. The highest BCUT2D eigenvalue weighted by atomic mass is 35.5. The summed E-state index contributed by atoms with van der Waals surface area (Å²) in [5.41, 5.74) is 13.5. The van der Waals surface area contributed by atoms with E-state index in [4.69, 9.17) is 11.5 Å². The van der Waals surface area contributed by atoms with Crippen LogP contribution >= 0.6 is 24.8 Å². The first kappa shape index (κ1) is 15.2. The Bertz CT molecular complexity index is 224. The number of aryl methyl sites for hydroxylation is 1. The van der Waals surface area contributed by atoms with Gasteiger partial charge in [-0.2, -0.15) is 0 Å². The van der Waals surface area contributed by atoms with Crippen molar-refractivity contribution in [3.8, 4) is 0 Å². The second-order valence-electron chi connectivity index (χ2n) is 2.75. The molecule has 1 atom stereocenters. The lowest BCUT2D eigenvalue weighted by molar-refractivity contribution is 0.737. The zero-order valence-corrected chi connectivity index (χ0v) is 9.20. The summed E-state index contributed by atoms with van der Waals surface area (Å²) in [7, 11) is 0. The van der Waals surface area contributed by atoms with Gasteiger partial charge < -0.3 is 11.5 Å². The number of halogens is 2. The molecule has 0 saturated heterocycles. The van der Waals surface area contributed by atoms with E-state index in [0.717, 1.165) is 5.56 Å². The molecule has 0 aliphatic heterocycles. The van der Waals surface area contributed by atoms with Crippen LogP contribution in [0.5, 0.6) is 0 Å². The van der Waals surface area contributed by atoms with Crippen molar-refractivity contribution in [1.29, 1.82) is 0 Å². The quantitative estimate of drug-likeness (QED) is 0.803. The van der Waals surface area contributed by atoms with Gasteiger partial charge in [-0.05, 0) is 12.5 Å². The molecule has 0 amide bonds. The minimum atomic E-state index is -0.0180. The van der Waals surface area contributed by atoms with Crippen molar-refractivity contribution >= 4 is 24.8 Å². The van der Waals surface area contributed by atoms with Gasteiger partial charge in [-0.1, -0.05) is 29.8 Å². The monoisotopic (exact) mass is 222 g/mol. The van der Waals surface area contributed by atoms with Gasteiger partial charge in [0.1, 0.15) is 0 Å². The summed E-state index contributed by atoms with van der Waals surface area (Å²) in [6.07, 6.45) is 0. The zero-order valence-electron chi connectivity index (χ0n) is 7.57. The molecule has 1 aromatic rings. The van der Waals surface area contributed by atoms with Crippen LogP contribution in [0, 0.1) is 6.92 Å². The molecular formula is C9H16Cl2N2. The van der Waals surface area contributed by atoms with E-state index in [2.05, 4.69) is 6.92 Å². The molecule has 0 aromatic heterocycles. The molecule has 13 heavy (non-hydrogen) atoms. The molecular weight excluding hydrogens is 207 g/mol. The summed E-state index contributed by atoms with van der Waals surface area (Å²) in [5, 5.41) is 0. The van der Waals surface area contributed by atoms with Crippen molar-refractivity contribution in [1.82, 2.24) is 0 Å². The standard InChI is InChI=1S/C9H14N2.2ClH/c1-7-2-4-8(5-3-7)9(11)6-10;;/h2-5,9H,6,10-11H2,1H3;2*1H/t9-;;/m0../s1. The third-order valence-corrected chi connectivity index (χ3v) is 1.76. The molecule has 0 bridgehead atoms. The van der Waals surface area contributed by atoms with Gasteiger partial charge >= 0.3 is 0 Å². The van der Waals surface area contributed by atoms with Gasteiger partial charge in [-0.3, -0.25) is 0 Å². The van der Waals surface area contributed by atoms with Gasteiger partial charge in [-0.15, -0.1) is 24.8 Å². The van der Waals surface area contributed by atoms with E-state index < -0.39 is 0 Å². The fourth-order valence-corrected chi connectivity index (χ4v) is 0.950. The van der Waals surface area contributed by atoms with Gasteiger partial charge in [0.05, 0.1) is 0 Å². The molecule has 0 aliphatic carbocycles. The highest BCUT2D eigenvalue weighted by Crippen LogP contribution is 2.09. The van der Waals surface area contributed by atoms with Crippen molar-refractivity contribution in [2.24, 2.45) is 11.5 Å². The lowest BCUT2D eigenvalue weighted by atomic mass is 10.1. The lowest BCUT2D eigenvalue weighted by Gasteiger charge is -2.08. The van der Waals surface area contributed by atoms with Gasteiger partial charge in [0.2, 0.25) is 0 Å². The normalized spacial score (nSPS) is 11.0. The predicted molar refractivity (Wildman–Crippen MR) is 61.7 cm³/mol. The second-order valence-corrected chi connectivity index (χ2v) is 2.75. The fraction of sp³-hybridized carbons (Fsp3) is 0.333. The lowest BCUT2D eigenvalue weighted by Crippen LogP contribution is -2.20. The summed E-state index contributed by atoms with van der Waals surface area (Å²) >= 11 is 0. The summed E-state index contributed by atoms with van der Waals surface area (Å²) < 4.78 is 0. The van der Waals surface area contributed by atoms with Crippen LogP contribution in [0.4, 0.5) is 0 Å². The maximum Gasteiger partial charge on any atom is 0.0419 e. The van der Waals surface area contributed by atoms with Crippen LogP contribution in [0.3, 0.4) is 0 Å². The van der Waals surface area contributed by atoms with Crippen molar-refractivity contribution in [3.05, 3.63) is 35.4 Å². The molecule has 0 saturated carbocycles. The zero-order chi connectivity index (χ0) is 8.27. The fourth-order valence-electron chi connectivity index (χ4n) is 0.950. The molecule has 0 aliphatic rings. The molecule has 0 unspecified atom stereocenters. The van der Waals surface area contributed by atoms with Gasteiger partial charge in [0, 0.05) is 12.6 Å². The van der Waals surface area contributed by atoms with Crippen LogP contribution in [-0.4, -0.2) is 6.54 Å². The highest BCUT2D eigenvalue weighted by Gasteiger charge is 2.00. The third kappa shape index (κ3) is 4.48. The van der Waals surface area contributed by atoms with E-state index in [1.807, 2.05) is 24.3 Å². The highest BCUT2D eigenvalue weighted by molar-refractivity contribution is 5.85. The Kier molecular flexibility index (Phi) is 8.37. The number of rotatable bonds is 2. The van der Waals surface area contributed by atoms with E-state index in [0.29, 0.717) is 6.54 Å². The minimum absolute atomic E-state index is 0. The van der Waals surface area contributed by atoms with Crippen LogP contribution in [-0.2, 0) is 0 Å². The summed E-state index contributed by atoms with van der Waals surface area (Å²) in [5.74, 6) is 0. The first-order valence-corrected chi connectivity index (χ1v) is 3.76. The SMILES string of the molecule is Cc1ccc([C@@H](N)CN)cc1.Cl.Cl. The van der Waals surface area contributed by atoms with Crippen LogP contribution in [0.1, 0.15) is 17.2 Å². The van der Waals surface area contributed by atoms with Crippen molar-refractivity contribution in [3.63, 3.8) is 0 Å². The molecule has 1 rings (SSSR count). The van der Waals surface area contributed by atoms with Crippen molar-refractivity contribution in [2.45, 2.75) is 13.0 Å². The average Bonchev–Trinajstić information content (AvgIpc) is 2.05. The molecule has 0 spiro atoms.